The highest BCUT2D eigenvalue weighted by Crippen LogP contribution is 2.27. The van der Waals surface area contributed by atoms with Crippen LogP contribution in [0.2, 0.25) is 0 Å². The van der Waals surface area contributed by atoms with Gasteiger partial charge in [0.15, 0.2) is 0 Å². The van der Waals surface area contributed by atoms with Crippen LogP contribution in [0.5, 0.6) is 5.75 Å². The maximum Gasteiger partial charge on any atom is 0.335 e. The second-order valence-corrected chi connectivity index (χ2v) is 7.89. The molecule has 0 saturated carbocycles. The molecule has 7 heteroatoms. The van der Waals surface area contributed by atoms with Crippen molar-refractivity contribution in [3.63, 3.8) is 0 Å². The van der Waals surface area contributed by atoms with E-state index in [-0.39, 0.29) is 5.57 Å². The molecule has 0 radical (unpaired) electrons. The minimum Gasteiger partial charge on any atom is -0.494 e. The number of aryl methyl sites for hydroxylation is 2. The maximum atomic E-state index is 13.2. The van der Waals surface area contributed by atoms with Crippen LogP contribution in [0.3, 0.4) is 0 Å². The summed E-state index contributed by atoms with van der Waals surface area (Å²) in [4.78, 5) is 39.2. The van der Waals surface area contributed by atoms with Crippen LogP contribution in [-0.4, -0.2) is 29.0 Å². The van der Waals surface area contributed by atoms with Crippen LogP contribution >= 0.6 is 0 Å². The second kappa shape index (κ2) is 8.78. The van der Waals surface area contributed by atoms with Crippen molar-refractivity contribution in [2.24, 2.45) is 0 Å². The first kappa shape index (κ1) is 22.1. The van der Waals surface area contributed by atoms with Crippen molar-refractivity contribution in [2.45, 2.75) is 27.7 Å². The lowest BCUT2D eigenvalue weighted by molar-refractivity contribution is -0.122. The van der Waals surface area contributed by atoms with E-state index in [1.54, 1.807) is 30.3 Å². The maximum absolute atomic E-state index is 13.2. The molecule has 7 nitrogen and oxygen atoms in total. The number of nitrogens with one attached hydrogen (secondary N) is 1. The Morgan fingerprint density at radius 2 is 1.67 bits per heavy atom. The minimum atomic E-state index is -0.781. The highest BCUT2D eigenvalue weighted by molar-refractivity contribution is 6.39. The minimum absolute atomic E-state index is 0.104. The van der Waals surface area contributed by atoms with Gasteiger partial charge in [0.1, 0.15) is 11.3 Å². The third-order valence-electron chi connectivity index (χ3n) is 5.54. The van der Waals surface area contributed by atoms with E-state index in [0.29, 0.717) is 18.0 Å². The van der Waals surface area contributed by atoms with Gasteiger partial charge in [0.05, 0.1) is 12.3 Å². The summed E-state index contributed by atoms with van der Waals surface area (Å²) in [5, 5.41) is 2.27. The number of benzene rings is 2. The van der Waals surface area contributed by atoms with Crippen LogP contribution in [0.15, 0.2) is 60.2 Å². The van der Waals surface area contributed by atoms with E-state index < -0.39 is 17.8 Å². The van der Waals surface area contributed by atoms with Gasteiger partial charge in [-0.3, -0.25) is 14.9 Å². The number of imide groups is 2. The molecule has 33 heavy (non-hydrogen) atoms. The van der Waals surface area contributed by atoms with Gasteiger partial charge in [-0.25, -0.2) is 9.69 Å². The molecule has 0 aliphatic carbocycles. The highest BCUT2D eigenvalue weighted by atomic mass is 16.5. The Labute approximate surface area is 192 Å². The summed E-state index contributed by atoms with van der Waals surface area (Å²) in [5.74, 6) is -0.762. The fraction of sp³-hybridized carbons (Fsp3) is 0.192. The zero-order valence-corrected chi connectivity index (χ0v) is 19.0. The zero-order valence-electron chi connectivity index (χ0n) is 19.0. The molecule has 1 N–H and O–H groups in total. The van der Waals surface area contributed by atoms with E-state index in [1.165, 1.54) is 0 Å². The van der Waals surface area contributed by atoms with Crippen LogP contribution in [0, 0.1) is 20.8 Å². The Hall–Kier alpha value is -4.13. The van der Waals surface area contributed by atoms with Gasteiger partial charge in [0.2, 0.25) is 0 Å². The molecule has 2 heterocycles. The van der Waals surface area contributed by atoms with Gasteiger partial charge in [-0.1, -0.05) is 12.1 Å². The molecule has 3 aromatic rings. The van der Waals surface area contributed by atoms with Crippen molar-refractivity contribution < 1.29 is 19.1 Å². The molecule has 4 amide bonds. The number of carbonyl (C=O) groups is 3. The number of nitrogens with zero attached hydrogens (tertiary/aromatic N) is 2. The zero-order chi connectivity index (χ0) is 23.7. The number of barbiturate groups is 1. The number of carbonyl (C=O) groups excluding carboxylic acids is 3. The number of hydrogen-bond acceptors (Lipinski definition) is 4. The fourth-order valence-corrected chi connectivity index (χ4v) is 4.00. The van der Waals surface area contributed by atoms with Crippen LogP contribution < -0.4 is 15.0 Å². The van der Waals surface area contributed by atoms with Crippen LogP contribution in [0.1, 0.15) is 29.4 Å². The quantitative estimate of drug-likeness (QED) is 0.466. The molecule has 0 spiro atoms. The van der Waals surface area contributed by atoms with Crippen molar-refractivity contribution in [2.75, 3.05) is 11.5 Å². The van der Waals surface area contributed by atoms with E-state index in [1.807, 2.05) is 52.0 Å². The van der Waals surface area contributed by atoms with Gasteiger partial charge >= 0.3 is 6.03 Å². The van der Waals surface area contributed by atoms with E-state index >= 15 is 0 Å². The topological polar surface area (TPSA) is 80.6 Å². The summed E-state index contributed by atoms with van der Waals surface area (Å²) >= 11 is 0. The van der Waals surface area contributed by atoms with Crippen LogP contribution in [-0.2, 0) is 9.59 Å². The summed E-state index contributed by atoms with van der Waals surface area (Å²) in [6.45, 7) is 8.30. The van der Waals surface area contributed by atoms with Gasteiger partial charge < -0.3 is 9.30 Å². The van der Waals surface area contributed by atoms with E-state index in [2.05, 4.69) is 16.0 Å². The standard InChI is InChI=1S/C26H25N3O4/c1-5-33-22-11-9-20(10-12-22)29-25(31)23(24(30)27-26(29)32)15-19-14-17(3)28(18(19)4)21-8-6-7-16(2)13-21/h6-15H,5H2,1-4H3,(H,27,30,32)/b23-15+. The monoisotopic (exact) mass is 443 g/mol. The summed E-state index contributed by atoms with van der Waals surface area (Å²) < 4.78 is 7.49. The Morgan fingerprint density at radius 1 is 0.939 bits per heavy atom. The third kappa shape index (κ3) is 4.17. The molecule has 2 aromatic carbocycles. The van der Waals surface area contributed by atoms with Gasteiger partial charge in [0, 0.05) is 17.1 Å². The Kier molecular flexibility index (Phi) is 5.87. The normalized spacial score (nSPS) is 15.2. The average Bonchev–Trinajstić information content (AvgIpc) is 3.05. The number of hydrogen-bond donors (Lipinski definition) is 1. The average molecular weight is 444 g/mol. The Bertz CT molecular complexity index is 1290. The molecule has 1 saturated heterocycles. The Balaban J connectivity index is 1.72. The van der Waals surface area contributed by atoms with Crippen molar-refractivity contribution >= 4 is 29.6 Å². The first-order valence-corrected chi connectivity index (χ1v) is 10.7. The first-order chi connectivity index (χ1) is 15.8. The highest BCUT2D eigenvalue weighted by Gasteiger charge is 2.37. The van der Waals surface area contributed by atoms with E-state index in [4.69, 9.17) is 4.74 Å². The van der Waals surface area contributed by atoms with Crippen LogP contribution in [0.25, 0.3) is 11.8 Å². The molecule has 1 aliphatic heterocycles. The van der Waals surface area contributed by atoms with Crippen molar-refractivity contribution in [3.8, 4) is 11.4 Å². The summed E-state index contributed by atoms with van der Waals surface area (Å²) in [5.41, 5.74) is 4.96. The SMILES string of the molecule is CCOc1ccc(N2C(=O)NC(=O)/C(=C\c3cc(C)n(-c4cccc(C)c4)c3C)C2=O)cc1. The molecular weight excluding hydrogens is 418 g/mol. The fourth-order valence-electron chi connectivity index (χ4n) is 4.00. The Morgan fingerprint density at radius 3 is 2.33 bits per heavy atom. The molecule has 4 rings (SSSR count). The second-order valence-electron chi connectivity index (χ2n) is 7.89. The van der Waals surface area contributed by atoms with Gasteiger partial charge in [-0.05, 0) is 87.4 Å². The first-order valence-electron chi connectivity index (χ1n) is 10.7. The molecule has 1 fully saturated rings. The molecule has 0 unspecified atom stereocenters. The predicted molar refractivity (Wildman–Crippen MR) is 127 cm³/mol. The third-order valence-corrected chi connectivity index (χ3v) is 5.54. The van der Waals surface area contributed by atoms with Crippen LogP contribution in [0.4, 0.5) is 10.5 Å². The summed E-state index contributed by atoms with van der Waals surface area (Å²) in [7, 11) is 0. The van der Waals surface area contributed by atoms with E-state index in [9.17, 15) is 14.4 Å². The molecule has 168 valence electrons. The number of rotatable bonds is 5. The largest absolute Gasteiger partial charge is 0.494 e. The van der Waals surface area contributed by atoms with Gasteiger partial charge in [-0.2, -0.15) is 0 Å². The van der Waals surface area contributed by atoms with Gasteiger partial charge in [-0.15, -0.1) is 0 Å². The van der Waals surface area contributed by atoms with Crippen molar-refractivity contribution in [3.05, 3.63) is 82.7 Å². The summed E-state index contributed by atoms with van der Waals surface area (Å²) in [6, 6.07) is 15.8. The number of aromatic nitrogens is 1. The van der Waals surface area contributed by atoms with Crippen molar-refractivity contribution in [1.29, 1.82) is 0 Å². The molecule has 0 atom stereocenters. The van der Waals surface area contributed by atoms with Gasteiger partial charge in [0.25, 0.3) is 11.8 Å². The number of amides is 4. The summed E-state index contributed by atoms with van der Waals surface area (Å²) in [6.07, 6.45) is 1.54. The predicted octanol–water partition coefficient (Wildman–Crippen LogP) is 4.47. The molecule has 0 bridgehead atoms. The number of anilines is 1. The molecule has 1 aromatic heterocycles. The lowest BCUT2D eigenvalue weighted by Gasteiger charge is -2.26. The van der Waals surface area contributed by atoms with E-state index in [0.717, 1.165) is 33.1 Å². The lowest BCUT2D eigenvalue weighted by Crippen LogP contribution is -2.54. The molecule has 1 aliphatic rings. The lowest BCUT2D eigenvalue weighted by atomic mass is 10.1. The number of ether oxygens (including phenoxy) is 1. The van der Waals surface area contributed by atoms with Crippen molar-refractivity contribution in [1.82, 2.24) is 9.88 Å². The molecular formula is C26H25N3O4. The smallest absolute Gasteiger partial charge is 0.335 e. The number of urea groups is 1.